The summed E-state index contributed by atoms with van der Waals surface area (Å²) < 4.78 is 6.66. The topological polar surface area (TPSA) is 32.8 Å². The van der Waals surface area contributed by atoms with Gasteiger partial charge in [0.1, 0.15) is 0 Å². The van der Waals surface area contributed by atoms with Gasteiger partial charge < -0.3 is 14.5 Å². The molecule has 0 aliphatic carbocycles. The van der Waals surface area contributed by atoms with Crippen LogP contribution in [0, 0.1) is 0 Å². The molecule has 28 heavy (non-hydrogen) atoms. The van der Waals surface area contributed by atoms with E-state index in [-0.39, 0.29) is 5.91 Å². The molecule has 0 unspecified atom stereocenters. The zero-order valence-corrected chi connectivity index (χ0v) is 16.7. The molecule has 5 rings (SSSR count). The van der Waals surface area contributed by atoms with E-state index in [0.717, 1.165) is 24.4 Å². The van der Waals surface area contributed by atoms with Crippen molar-refractivity contribution in [2.45, 2.75) is 12.3 Å². The lowest BCUT2D eigenvalue weighted by Crippen LogP contribution is -2.40. The molecule has 0 N–H and O–H groups in total. The van der Waals surface area contributed by atoms with Crippen LogP contribution in [0.2, 0.25) is 0 Å². The van der Waals surface area contributed by atoms with Crippen LogP contribution in [0.5, 0.6) is 0 Å². The monoisotopic (exact) mass is 392 g/mol. The maximum absolute atomic E-state index is 13.4. The highest BCUT2D eigenvalue weighted by atomic mass is 32.1. The predicted molar refractivity (Wildman–Crippen MR) is 115 cm³/mol. The third-order valence-corrected chi connectivity index (χ3v) is 7.02. The van der Waals surface area contributed by atoms with Crippen LogP contribution in [-0.4, -0.2) is 50.2 Å². The molecule has 3 aromatic rings. The molecule has 2 aliphatic heterocycles. The number of thiophene rings is 1. The Labute approximate surface area is 169 Å². The van der Waals surface area contributed by atoms with Crippen molar-refractivity contribution in [1.29, 1.82) is 0 Å². The van der Waals surface area contributed by atoms with Gasteiger partial charge in [0.15, 0.2) is 0 Å². The average molecular weight is 393 g/mol. The molecule has 4 nitrogen and oxygen atoms in total. The van der Waals surface area contributed by atoms with Gasteiger partial charge in [0.2, 0.25) is 0 Å². The molecule has 0 spiro atoms. The van der Waals surface area contributed by atoms with E-state index in [1.54, 1.807) is 11.3 Å². The van der Waals surface area contributed by atoms with E-state index in [1.165, 1.54) is 21.3 Å². The first kappa shape index (κ1) is 17.7. The van der Waals surface area contributed by atoms with Crippen molar-refractivity contribution in [1.82, 2.24) is 4.90 Å². The molecular weight excluding hydrogens is 368 g/mol. The standard InChI is InChI=1S/C23H24N2O2S/c26-23(24-12-14-27-15-13-24)22-21(19-8-4-5-9-20(19)28-22)17-10-11-25(16-17)18-6-2-1-3-7-18/h1-9,17H,10-16H2/t17-/m1/s1. The maximum atomic E-state index is 13.4. The van der Waals surface area contributed by atoms with Crippen LogP contribution in [0.1, 0.15) is 27.6 Å². The maximum Gasteiger partial charge on any atom is 0.264 e. The number of amides is 1. The van der Waals surface area contributed by atoms with Gasteiger partial charge in [-0.3, -0.25) is 4.79 Å². The highest BCUT2D eigenvalue weighted by molar-refractivity contribution is 7.21. The number of ether oxygens (including phenoxy) is 1. The molecule has 2 saturated heterocycles. The van der Waals surface area contributed by atoms with Crippen molar-refractivity contribution in [3.05, 3.63) is 65.0 Å². The Bertz CT molecular complexity index is 979. The van der Waals surface area contributed by atoms with Crippen molar-refractivity contribution < 1.29 is 9.53 Å². The number of hydrogen-bond donors (Lipinski definition) is 0. The van der Waals surface area contributed by atoms with E-state index >= 15 is 0 Å². The molecule has 2 aliphatic rings. The second-order valence-electron chi connectivity index (χ2n) is 7.51. The molecule has 2 fully saturated rings. The number of benzene rings is 2. The number of para-hydroxylation sites is 1. The zero-order valence-electron chi connectivity index (χ0n) is 15.8. The predicted octanol–water partition coefficient (Wildman–Crippen LogP) is 4.37. The highest BCUT2D eigenvalue weighted by Crippen LogP contribution is 2.41. The lowest BCUT2D eigenvalue weighted by atomic mass is 9.94. The minimum atomic E-state index is 0.178. The lowest BCUT2D eigenvalue weighted by molar-refractivity contribution is 0.0305. The van der Waals surface area contributed by atoms with Crippen LogP contribution >= 0.6 is 11.3 Å². The van der Waals surface area contributed by atoms with Crippen LogP contribution in [0.3, 0.4) is 0 Å². The minimum Gasteiger partial charge on any atom is -0.378 e. The molecule has 1 amide bonds. The smallest absolute Gasteiger partial charge is 0.264 e. The Kier molecular flexibility index (Phi) is 4.79. The van der Waals surface area contributed by atoms with Crippen molar-refractivity contribution >= 4 is 33.0 Å². The SMILES string of the molecule is O=C(c1sc2ccccc2c1[C@@H]1CCN(c2ccccc2)C1)N1CCOCC1. The first-order chi connectivity index (χ1) is 13.8. The highest BCUT2D eigenvalue weighted by Gasteiger charge is 2.32. The first-order valence-corrected chi connectivity index (χ1v) is 10.8. The minimum absolute atomic E-state index is 0.178. The van der Waals surface area contributed by atoms with Crippen LogP contribution in [-0.2, 0) is 4.74 Å². The van der Waals surface area contributed by atoms with Crippen LogP contribution < -0.4 is 4.90 Å². The van der Waals surface area contributed by atoms with E-state index < -0.39 is 0 Å². The van der Waals surface area contributed by atoms with Crippen molar-refractivity contribution in [3.8, 4) is 0 Å². The summed E-state index contributed by atoms with van der Waals surface area (Å²) in [6.07, 6.45) is 1.08. The van der Waals surface area contributed by atoms with Gasteiger partial charge in [-0.1, -0.05) is 36.4 Å². The number of fused-ring (bicyclic) bond motifs is 1. The van der Waals surface area contributed by atoms with Crippen LogP contribution in [0.4, 0.5) is 5.69 Å². The molecule has 0 radical (unpaired) electrons. The second kappa shape index (κ2) is 7.57. The number of morpholine rings is 1. The number of anilines is 1. The largest absolute Gasteiger partial charge is 0.378 e. The molecular formula is C23H24N2O2S. The fourth-order valence-electron chi connectivity index (χ4n) is 4.41. The van der Waals surface area contributed by atoms with Crippen LogP contribution in [0.25, 0.3) is 10.1 Å². The molecule has 0 bridgehead atoms. The summed E-state index contributed by atoms with van der Waals surface area (Å²) in [5.41, 5.74) is 2.53. The average Bonchev–Trinajstić information content (AvgIpc) is 3.39. The number of nitrogens with zero attached hydrogens (tertiary/aromatic N) is 2. The molecule has 1 atom stereocenters. The van der Waals surface area contributed by atoms with Gasteiger partial charge in [0.25, 0.3) is 5.91 Å². The van der Waals surface area contributed by atoms with E-state index in [2.05, 4.69) is 59.5 Å². The second-order valence-corrected chi connectivity index (χ2v) is 8.56. The van der Waals surface area contributed by atoms with Gasteiger partial charge >= 0.3 is 0 Å². The van der Waals surface area contributed by atoms with E-state index in [1.807, 2.05) is 4.90 Å². The Balaban J connectivity index is 1.50. The molecule has 2 aromatic carbocycles. The molecule has 3 heterocycles. The third kappa shape index (κ3) is 3.19. The summed E-state index contributed by atoms with van der Waals surface area (Å²) in [7, 11) is 0. The molecule has 5 heteroatoms. The Morgan fingerprint density at radius 3 is 2.54 bits per heavy atom. The van der Waals surface area contributed by atoms with Gasteiger partial charge in [-0.05, 0) is 35.6 Å². The van der Waals surface area contributed by atoms with Crippen LogP contribution in [0.15, 0.2) is 54.6 Å². The van der Waals surface area contributed by atoms with Gasteiger partial charge in [0, 0.05) is 42.5 Å². The first-order valence-electron chi connectivity index (χ1n) is 10.00. The quantitative estimate of drug-likeness (QED) is 0.664. The van der Waals surface area contributed by atoms with Gasteiger partial charge in [0.05, 0.1) is 18.1 Å². The molecule has 144 valence electrons. The number of rotatable bonds is 3. The fraction of sp³-hybridized carbons (Fsp3) is 0.348. The van der Waals surface area contributed by atoms with Crippen molar-refractivity contribution in [2.24, 2.45) is 0 Å². The number of hydrogen-bond acceptors (Lipinski definition) is 4. The van der Waals surface area contributed by atoms with Gasteiger partial charge in [-0.15, -0.1) is 11.3 Å². The lowest BCUT2D eigenvalue weighted by Gasteiger charge is -2.27. The number of carbonyl (C=O) groups is 1. The molecule has 0 saturated carbocycles. The Hall–Kier alpha value is -2.37. The van der Waals surface area contributed by atoms with Gasteiger partial charge in [-0.2, -0.15) is 0 Å². The Morgan fingerprint density at radius 2 is 1.71 bits per heavy atom. The number of carbonyl (C=O) groups excluding carboxylic acids is 1. The summed E-state index contributed by atoms with van der Waals surface area (Å²) in [6, 6.07) is 19.1. The normalized spacial score (nSPS) is 20.1. The summed E-state index contributed by atoms with van der Waals surface area (Å²) >= 11 is 1.66. The Morgan fingerprint density at radius 1 is 0.964 bits per heavy atom. The van der Waals surface area contributed by atoms with E-state index in [4.69, 9.17) is 4.74 Å². The molecule has 1 aromatic heterocycles. The van der Waals surface area contributed by atoms with E-state index in [0.29, 0.717) is 32.2 Å². The van der Waals surface area contributed by atoms with Crippen molar-refractivity contribution in [2.75, 3.05) is 44.3 Å². The summed E-state index contributed by atoms with van der Waals surface area (Å²) in [5, 5.41) is 1.25. The zero-order chi connectivity index (χ0) is 18.9. The fourth-order valence-corrected chi connectivity index (χ4v) is 5.67. The third-order valence-electron chi connectivity index (χ3n) is 5.84. The summed E-state index contributed by atoms with van der Waals surface area (Å²) in [5.74, 6) is 0.564. The summed E-state index contributed by atoms with van der Waals surface area (Å²) in [6.45, 7) is 4.65. The van der Waals surface area contributed by atoms with Gasteiger partial charge in [-0.25, -0.2) is 0 Å². The summed E-state index contributed by atoms with van der Waals surface area (Å²) in [4.78, 5) is 18.7. The van der Waals surface area contributed by atoms with Crippen molar-refractivity contribution in [3.63, 3.8) is 0 Å². The van der Waals surface area contributed by atoms with E-state index in [9.17, 15) is 4.79 Å².